The van der Waals surface area contributed by atoms with Gasteiger partial charge in [0, 0.05) is 33.9 Å². The van der Waals surface area contributed by atoms with Gasteiger partial charge in [-0.1, -0.05) is 24.3 Å². The minimum absolute atomic E-state index is 0.0800. The number of alkyl halides is 3. The molecule has 0 fully saturated rings. The van der Waals surface area contributed by atoms with E-state index < -0.39 is 12.8 Å². The van der Waals surface area contributed by atoms with Gasteiger partial charge in [0.2, 0.25) is 0 Å². The molecule has 0 saturated heterocycles. The number of guanidine groups is 1. The van der Waals surface area contributed by atoms with Gasteiger partial charge in [-0.3, -0.25) is 4.99 Å². The Kier molecular flexibility index (Phi) is 11.5. The maximum absolute atomic E-state index is 12.1. The normalized spacial score (nSPS) is 12.3. The molecule has 1 aromatic rings. The molecule has 1 aromatic carbocycles. The summed E-state index contributed by atoms with van der Waals surface area (Å²) in [5.74, 6) is 0.644. The van der Waals surface area contributed by atoms with Crippen molar-refractivity contribution < 1.29 is 27.4 Å². The number of benzene rings is 1. The predicted octanol–water partition coefficient (Wildman–Crippen LogP) is 2.48. The largest absolute Gasteiger partial charge is 0.411 e. The summed E-state index contributed by atoms with van der Waals surface area (Å²) >= 11 is 0. The first-order valence-electron chi connectivity index (χ1n) is 8.68. The maximum Gasteiger partial charge on any atom is 0.411 e. The van der Waals surface area contributed by atoms with Crippen LogP contribution in [0.3, 0.4) is 0 Å². The number of halogens is 3. The van der Waals surface area contributed by atoms with E-state index in [9.17, 15) is 13.2 Å². The third-order valence-corrected chi connectivity index (χ3v) is 3.40. The van der Waals surface area contributed by atoms with Gasteiger partial charge in [-0.05, 0) is 17.5 Å². The van der Waals surface area contributed by atoms with E-state index in [0.29, 0.717) is 44.4 Å². The summed E-state index contributed by atoms with van der Waals surface area (Å²) in [5, 5.41) is 6.34. The molecule has 0 aromatic heterocycles. The number of hydrogen-bond donors (Lipinski definition) is 2. The van der Waals surface area contributed by atoms with E-state index in [2.05, 4.69) is 20.4 Å². The maximum atomic E-state index is 12.1. The van der Waals surface area contributed by atoms with Crippen LogP contribution in [0.25, 0.3) is 0 Å². The van der Waals surface area contributed by atoms with Crippen molar-refractivity contribution in [1.82, 2.24) is 10.6 Å². The van der Waals surface area contributed by atoms with Crippen molar-refractivity contribution in [2.24, 2.45) is 4.99 Å². The molecule has 0 amide bonds. The van der Waals surface area contributed by atoms with Gasteiger partial charge in [-0.15, -0.1) is 0 Å². The monoisotopic (exact) mass is 391 g/mol. The van der Waals surface area contributed by atoms with Crippen molar-refractivity contribution >= 4 is 5.96 Å². The number of nitrogens with zero attached hydrogens (tertiary/aromatic N) is 1. The Balaban J connectivity index is 2.29. The molecule has 0 radical (unpaired) electrons. The standard InChI is InChI=1S/C18H28F3N3O3/c1-22-17(23-7-4-8-26-10-9-25-2)24-12-15-5-3-6-16(11-15)13-27-14-18(19,20)21/h3,5-6,11H,4,7-10,12-14H2,1-2H3,(H2,22,23,24). The van der Waals surface area contributed by atoms with Gasteiger partial charge < -0.3 is 24.8 Å². The molecule has 154 valence electrons. The highest BCUT2D eigenvalue weighted by atomic mass is 19.4. The van der Waals surface area contributed by atoms with Gasteiger partial charge in [0.15, 0.2) is 5.96 Å². The molecule has 2 N–H and O–H groups in total. The average Bonchev–Trinajstić information content (AvgIpc) is 2.63. The van der Waals surface area contributed by atoms with Crippen molar-refractivity contribution in [1.29, 1.82) is 0 Å². The zero-order chi connectivity index (χ0) is 20.0. The van der Waals surface area contributed by atoms with E-state index in [0.717, 1.165) is 12.0 Å². The molecule has 0 saturated carbocycles. The quantitative estimate of drug-likeness (QED) is 0.326. The number of hydrogen-bond acceptors (Lipinski definition) is 4. The second-order valence-corrected chi connectivity index (χ2v) is 5.74. The lowest BCUT2D eigenvalue weighted by atomic mass is 10.1. The third kappa shape index (κ3) is 12.2. The minimum Gasteiger partial charge on any atom is -0.382 e. The van der Waals surface area contributed by atoms with Crippen LogP contribution in [0.1, 0.15) is 17.5 Å². The summed E-state index contributed by atoms with van der Waals surface area (Å²) in [5.41, 5.74) is 1.61. The molecule has 0 atom stereocenters. The summed E-state index contributed by atoms with van der Waals surface area (Å²) in [6.45, 7) is 1.66. The van der Waals surface area contributed by atoms with Crippen molar-refractivity contribution in [3.63, 3.8) is 0 Å². The lowest BCUT2D eigenvalue weighted by Gasteiger charge is -2.13. The lowest BCUT2D eigenvalue weighted by molar-refractivity contribution is -0.176. The predicted molar refractivity (Wildman–Crippen MR) is 97.7 cm³/mol. The average molecular weight is 391 g/mol. The van der Waals surface area contributed by atoms with E-state index in [1.54, 1.807) is 32.4 Å². The first-order valence-corrected chi connectivity index (χ1v) is 8.68. The topological polar surface area (TPSA) is 64.1 Å². The third-order valence-electron chi connectivity index (χ3n) is 3.40. The summed E-state index contributed by atoms with van der Waals surface area (Å²) in [7, 11) is 3.30. The van der Waals surface area contributed by atoms with Gasteiger partial charge in [0.1, 0.15) is 6.61 Å². The molecule has 0 aliphatic rings. The summed E-state index contributed by atoms with van der Waals surface area (Å²) in [6.07, 6.45) is -3.48. The Morgan fingerprint density at radius 2 is 1.85 bits per heavy atom. The minimum atomic E-state index is -4.31. The number of rotatable bonds is 12. The summed E-state index contributed by atoms with van der Waals surface area (Å²) in [6, 6.07) is 7.21. The molecule has 27 heavy (non-hydrogen) atoms. The van der Waals surface area contributed by atoms with Gasteiger partial charge in [0.05, 0.1) is 19.8 Å². The van der Waals surface area contributed by atoms with E-state index >= 15 is 0 Å². The molecular weight excluding hydrogens is 363 g/mol. The van der Waals surface area contributed by atoms with Crippen molar-refractivity contribution in [2.45, 2.75) is 25.7 Å². The van der Waals surface area contributed by atoms with Crippen molar-refractivity contribution in [2.75, 3.05) is 47.1 Å². The molecule has 0 spiro atoms. The van der Waals surface area contributed by atoms with Crippen molar-refractivity contribution in [3.05, 3.63) is 35.4 Å². The van der Waals surface area contributed by atoms with Crippen LogP contribution in [0, 0.1) is 0 Å². The highest BCUT2D eigenvalue weighted by molar-refractivity contribution is 5.79. The zero-order valence-corrected chi connectivity index (χ0v) is 15.8. The van der Waals surface area contributed by atoms with Crippen molar-refractivity contribution in [3.8, 4) is 0 Å². The molecule has 0 aliphatic carbocycles. The van der Waals surface area contributed by atoms with Crippen LogP contribution in [0.15, 0.2) is 29.3 Å². The molecular formula is C18H28F3N3O3. The highest BCUT2D eigenvalue weighted by Crippen LogP contribution is 2.16. The number of methoxy groups -OCH3 is 1. The zero-order valence-electron chi connectivity index (χ0n) is 15.8. The Morgan fingerprint density at radius 1 is 1.07 bits per heavy atom. The van der Waals surface area contributed by atoms with Crippen LogP contribution in [0.5, 0.6) is 0 Å². The van der Waals surface area contributed by atoms with Gasteiger partial charge >= 0.3 is 6.18 Å². The lowest BCUT2D eigenvalue weighted by Crippen LogP contribution is -2.37. The first-order chi connectivity index (χ1) is 12.9. The fourth-order valence-electron chi connectivity index (χ4n) is 2.15. The molecule has 0 unspecified atom stereocenters. The highest BCUT2D eigenvalue weighted by Gasteiger charge is 2.27. The number of nitrogens with one attached hydrogen (secondary N) is 2. The Morgan fingerprint density at radius 3 is 2.56 bits per heavy atom. The second-order valence-electron chi connectivity index (χ2n) is 5.74. The number of aliphatic imine (C=N–C) groups is 1. The van der Waals surface area contributed by atoms with Crippen LogP contribution in [-0.2, 0) is 27.4 Å². The summed E-state index contributed by atoms with van der Waals surface area (Å²) in [4.78, 5) is 4.13. The summed E-state index contributed by atoms with van der Waals surface area (Å²) < 4.78 is 51.3. The van der Waals surface area contributed by atoms with E-state index in [4.69, 9.17) is 9.47 Å². The van der Waals surface area contributed by atoms with E-state index in [-0.39, 0.29) is 6.61 Å². The number of ether oxygens (including phenoxy) is 3. The van der Waals surface area contributed by atoms with Crippen LogP contribution >= 0.6 is 0 Å². The van der Waals surface area contributed by atoms with Gasteiger partial charge in [0.25, 0.3) is 0 Å². The second kappa shape index (κ2) is 13.3. The Hall–Kier alpha value is -1.84. The SMILES string of the molecule is CN=C(NCCCOCCOC)NCc1cccc(COCC(F)(F)F)c1. The molecule has 0 heterocycles. The Labute approximate surface area is 158 Å². The smallest absolute Gasteiger partial charge is 0.382 e. The Bertz CT molecular complexity index is 554. The van der Waals surface area contributed by atoms with Gasteiger partial charge in [-0.25, -0.2) is 0 Å². The molecule has 1 rings (SSSR count). The van der Waals surface area contributed by atoms with E-state index in [1.807, 2.05) is 6.07 Å². The molecule has 9 heteroatoms. The van der Waals surface area contributed by atoms with E-state index in [1.165, 1.54) is 0 Å². The molecule has 0 aliphatic heterocycles. The van der Waals surface area contributed by atoms with Gasteiger partial charge in [-0.2, -0.15) is 13.2 Å². The molecule has 0 bridgehead atoms. The van der Waals surface area contributed by atoms with Crippen LogP contribution in [0.2, 0.25) is 0 Å². The van der Waals surface area contributed by atoms with Crippen LogP contribution in [-0.4, -0.2) is 59.3 Å². The van der Waals surface area contributed by atoms with Crippen LogP contribution < -0.4 is 10.6 Å². The van der Waals surface area contributed by atoms with Crippen LogP contribution in [0.4, 0.5) is 13.2 Å². The fraction of sp³-hybridized carbons (Fsp3) is 0.611. The fourth-order valence-corrected chi connectivity index (χ4v) is 2.15. The first kappa shape index (κ1) is 23.2. The molecule has 6 nitrogen and oxygen atoms in total.